The molecule has 2 N–H and O–H groups in total. The zero-order valence-corrected chi connectivity index (χ0v) is 18.6. The number of terminal acetylenes is 1. The van der Waals surface area contributed by atoms with Crippen molar-refractivity contribution in [1.82, 2.24) is 14.9 Å². The third-order valence-corrected chi connectivity index (χ3v) is 5.95. The molecule has 1 amide bonds. The summed E-state index contributed by atoms with van der Waals surface area (Å²) in [6, 6.07) is 0.0130. The van der Waals surface area contributed by atoms with Crippen LogP contribution in [0.4, 0.5) is 18.0 Å². The van der Waals surface area contributed by atoms with Crippen LogP contribution in [-0.4, -0.2) is 47.1 Å². The fourth-order valence-electron chi connectivity index (χ4n) is 4.22. The first kappa shape index (κ1) is 25.8. The van der Waals surface area contributed by atoms with E-state index in [9.17, 15) is 27.6 Å². The fourth-order valence-corrected chi connectivity index (χ4v) is 4.22. The van der Waals surface area contributed by atoms with E-state index in [1.165, 1.54) is 6.42 Å². The summed E-state index contributed by atoms with van der Waals surface area (Å²) >= 11 is 0. The molecule has 3 atom stereocenters. The smallest absolute Gasteiger partial charge is 0.423 e. The Hall–Kier alpha value is -2.78. The number of carbonyl (C=O) groups is 1. The number of halogens is 3. The molecule has 0 unspecified atom stereocenters. The molecule has 1 aliphatic carbocycles. The summed E-state index contributed by atoms with van der Waals surface area (Å²) in [6.45, 7) is -0.367. The Bertz CT molecular complexity index is 991. The lowest BCUT2D eigenvalue weighted by Gasteiger charge is -2.22. The molecule has 2 aliphatic rings. The number of aromatic nitrogens is 2. The molecular weight excluding hydrogens is 459 g/mol. The van der Waals surface area contributed by atoms with E-state index in [0.717, 1.165) is 38.5 Å². The molecule has 9 nitrogen and oxygen atoms in total. The summed E-state index contributed by atoms with van der Waals surface area (Å²) in [4.78, 5) is 37.7. The first-order valence-corrected chi connectivity index (χ1v) is 11.3. The van der Waals surface area contributed by atoms with Gasteiger partial charge in [-0.15, -0.1) is 6.42 Å². The minimum atomic E-state index is -4.96. The quantitative estimate of drug-likeness (QED) is 0.597. The first-order chi connectivity index (χ1) is 16.2. The number of rotatable bonds is 6. The van der Waals surface area contributed by atoms with Crippen LogP contribution in [0.1, 0.15) is 63.2 Å². The molecule has 3 rings (SSSR count). The van der Waals surface area contributed by atoms with Crippen LogP contribution >= 0.6 is 0 Å². The Morgan fingerprint density at radius 3 is 2.56 bits per heavy atom. The Balaban J connectivity index is 1.67. The van der Waals surface area contributed by atoms with Crippen molar-refractivity contribution in [2.24, 2.45) is 0 Å². The van der Waals surface area contributed by atoms with Crippen LogP contribution in [0.5, 0.6) is 0 Å². The van der Waals surface area contributed by atoms with Crippen LogP contribution < -0.4 is 16.6 Å². The second kappa shape index (κ2) is 11.6. The maximum atomic E-state index is 13.1. The third-order valence-electron chi connectivity index (χ3n) is 5.95. The number of carbonyl (C=O) groups excluding carboxylic acids is 1. The van der Waals surface area contributed by atoms with Gasteiger partial charge in [0.25, 0.3) is 5.56 Å². The highest BCUT2D eigenvalue weighted by atomic mass is 19.4. The number of H-pyrrole nitrogens is 1. The molecule has 0 bridgehead atoms. The zero-order chi connectivity index (χ0) is 24.7. The Kier molecular flexibility index (Phi) is 8.79. The normalized spacial score (nSPS) is 24.1. The van der Waals surface area contributed by atoms with E-state index < -0.39 is 47.5 Å². The van der Waals surface area contributed by atoms with Gasteiger partial charge in [-0.3, -0.25) is 14.3 Å². The van der Waals surface area contributed by atoms with Gasteiger partial charge in [-0.05, 0) is 12.8 Å². The van der Waals surface area contributed by atoms with Gasteiger partial charge in [-0.1, -0.05) is 38.0 Å². The molecule has 1 aliphatic heterocycles. The summed E-state index contributed by atoms with van der Waals surface area (Å²) in [5, 5.41) is 2.84. The van der Waals surface area contributed by atoms with Gasteiger partial charge in [0.2, 0.25) is 0 Å². The predicted molar refractivity (Wildman–Crippen MR) is 114 cm³/mol. The number of ether oxygens (including phenoxy) is 3. The van der Waals surface area contributed by atoms with Crippen LogP contribution in [0.15, 0.2) is 15.8 Å². The van der Waals surface area contributed by atoms with Gasteiger partial charge in [0.05, 0.1) is 6.10 Å². The average Bonchev–Trinajstić information content (AvgIpc) is 3.14. The lowest BCUT2D eigenvalue weighted by molar-refractivity contribution is -0.139. The van der Waals surface area contributed by atoms with Crippen LogP contribution in [0, 0.1) is 12.3 Å². The second-order valence-corrected chi connectivity index (χ2v) is 8.41. The number of nitrogens with zero attached hydrogens (tertiary/aromatic N) is 1. The van der Waals surface area contributed by atoms with Gasteiger partial charge >= 0.3 is 18.0 Å². The number of hydrogen-bond acceptors (Lipinski definition) is 6. The van der Waals surface area contributed by atoms with Gasteiger partial charge < -0.3 is 19.5 Å². The number of alkyl carbamates (subject to hydrolysis) is 1. The van der Waals surface area contributed by atoms with E-state index in [1.807, 2.05) is 0 Å². The number of alkyl halides is 3. The third kappa shape index (κ3) is 6.87. The minimum Gasteiger partial charge on any atom is -0.447 e. The van der Waals surface area contributed by atoms with Gasteiger partial charge in [0.1, 0.15) is 31.1 Å². The molecule has 1 saturated heterocycles. The summed E-state index contributed by atoms with van der Waals surface area (Å²) in [7, 11) is 0. The molecule has 188 valence electrons. The molecule has 1 aromatic heterocycles. The summed E-state index contributed by atoms with van der Waals surface area (Å²) in [5.41, 5.74) is -4.14. The van der Waals surface area contributed by atoms with E-state index >= 15 is 0 Å². The number of amides is 1. The summed E-state index contributed by atoms with van der Waals surface area (Å²) in [6.07, 6.45) is 4.41. The van der Waals surface area contributed by atoms with E-state index in [4.69, 9.17) is 20.6 Å². The number of aromatic amines is 1. The number of hydrogen-bond donors (Lipinski definition) is 2. The van der Waals surface area contributed by atoms with Gasteiger partial charge in [-0.2, -0.15) is 13.2 Å². The topological polar surface area (TPSA) is 112 Å². The van der Waals surface area contributed by atoms with Gasteiger partial charge in [0.15, 0.2) is 0 Å². The highest BCUT2D eigenvalue weighted by Gasteiger charge is 2.40. The number of nitrogens with one attached hydrogen (secondary N) is 2. The Morgan fingerprint density at radius 2 is 1.91 bits per heavy atom. The van der Waals surface area contributed by atoms with Crippen molar-refractivity contribution in [3.05, 3.63) is 32.6 Å². The van der Waals surface area contributed by atoms with Crippen LogP contribution in [0.25, 0.3) is 0 Å². The average molecular weight is 487 g/mol. The van der Waals surface area contributed by atoms with Crippen molar-refractivity contribution < 1.29 is 32.2 Å². The maximum absolute atomic E-state index is 13.1. The van der Waals surface area contributed by atoms with Gasteiger partial charge in [0, 0.05) is 18.7 Å². The molecule has 1 saturated carbocycles. The van der Waals surface area contributed by atoms with Crippen molar-refractivity contribution in [3.63, 3.8) is 0 Å². The van der Waals surface area contributed by atoms with Crippen molar-refractivity contribution >= 4 is 6.09 Å². The van der Waals surface area contributed by atoms with E-state index in [0.29, 0.717) is 10.8 Å². The van der Waals surface area contributed by atoms with Crippen LogP contribution in [-0.2, 0) is 20.4 Å². The predicted octanol–water partition coefficient (Wildman–Crippen LogP) is 2.70. The highest BCUT2D eigenvalue weighted by Crippen LogP contribution is 2.32. The van der Waals surface area contributed by atoms with Crippen molar-refractivity contribution in [2.45, 2.75) is 82.0 Å². The Morgan fingerprint density at radius 1 is 1.24 bits per heavy atom. The second-order valence-electron chi connectivity index (χ2n) is 8.41. The molecule has 2 heterocycles. The summed E-state index contributed by atoms with van der Waals surface area (Å²) < 4.78 is 56.5. The molecular formula is C22H28F3N3O6. The lowest BCUT2D eigenvalue weighted by Crippen LogP contribution is -2.38. The zero-order valence-electron chi connectivity index (χ0n) is 18.6. The molecule has 2 fully saturated rings. The summed E-state index contributed by atoms with van der Waals surface area (Å²) in [5.74, 6) is 2.29. The van der Waals surface area contributed by atoms with E-state index in [-0.39, 0.29) is 25.7 Å². The molecule has 34 heavy (non-hydrogen) atoms. The molecule has 12 heteroatoms. The first-order valence-electron chi connectivity index (χ1n) is 11.3. The largest absolute Gasteiger partial charge is 0.447 e. The van der Waals surface area contributed by atoms with Crippen molar-refractivity contribution in [3.8, 4) is 12.3 Å². The monoisotopic (exact) mass is 487 g/mol. The van der Waals surface area contributed by atoms with E-state index in [2.05, 4.69) is 11.2 Å². The Labute approximate surface area is 194 Å². The molecule has 0 radical (unpaired) electrons. The lowest BCUT2D eigenvalue weighted by atomic mass is 9.97. The minimum absolute atomic E-state index is 0.0130. The molecule has 0 spiro atoms. The SMILES string of the molecule is C#CCO[C@H]1C[C@H](n2cc(C(F)(F)F)c(=O)[nH]c2=O)O[C@@H]1COC(=O)NC1CCCCCCC1. The van der Waals surface area contributed by atoms with E-state index in [1.54, 1.807) is 4.98 Å². The molecule has 0 aromatic carbocycles. The fraction of sp³-hybridized carbons (Fsp3) is 0.682. The van der Waals surface area contributed by atoms with Gasteiger partial charge in [-0.25, -0.2) is 9.59 Å². The van der Waals surface area contributed by atoms with Crippen LogP contribution in [0.2, 0.25) is 0 Å². The maximum Gasteiger partial charge on any atom is 0.423 e. The van der Waals surface area contributed by atoms with Crippen molar-refractivity contribution in [1.29, 1.82) is 0 Å². The van der Waals surface area contributed by atoms with Crippen molar-refractivity contribution in [2.75, 3.05) is 13.2 Å². The highest BCUT2D eigenvalue weighted by molar-refractivity contribution is 5.67. The molecule has 1 aromatic rings. The standard InChI is InChI=1S/C22H28F3N3O6/c1-2-10-32-16-11-18(28-12-15(22(23,24)25)19(29)27-20(28)30)34-17(16)13-33-21(31)26-14-8-6-4-3-5-7-9-14/h1,12,14,16-18H,3-11,13H2,(H,26,31)(H,27,29,30)/t16-,17+,18+/m0/s1. The van der Waals surface area contributed by atoms with Crippen LogP contribution in [0.3, 0.4) is 0 Å².